The molecule has 1 N–H and O–H groups in total. The number of amides is 4. The topological polar surface area (TPSA) is 90.0 Å². The molecule has 0 aromatic heterocycles. The first-order valence-electron chi connectivity index (χ1n) is 14.5. The number of nitrogens with one attached hydrogen (secondary N) is 1. The molecule has 3 unspecified atom stereocenters. The van der Waals surface area contributed by atoms with Gasteiger partial charge in [-0.25, -0.2) is 4.39 Å². The zero-order chi connectivity index (χ0) is 29.0. The quantitative estimate of drug-likeness (QED) is 0.476. The number of carbonyl (C=O) groups excluding carboxylic acids is 4. The number of halogens is 1. The number of hydrogen-bond acceptors (Lipinski definition) is 5. The Morgan fingerprint density at radius 1 is 0.857 bits per heavy atom. The molecule has 214 valence electrons. The molecule has 4 aliphatic heterocycles. The van der Waals surface area contributed by atoms with Gasteiger partial charge < -0.3 is 9.80 Å². The van der Waals surface area contributed by atoms with E-state index in [2.05, 4.69) is 58.7 Å². The summed E-state index contributed by atoms with van der Waals surface area (Å²) in [6, 6.07) is 22.9. The van der Waals surface area contributed by atoms with Gasteiger partial charge in [-0.2, -0.15) is 0 Å². The summed E-state index contributed by atoms with van der Waals surface area (Å²) in [4.78, 5) is 56.5. The number of likely N-dealkylation sites (tertiary alicyclic amines) is 1. The summed E-state index contributed by atoms with van der Waals surface area (Å²) < 4.78 is 15.4. The normalized spacial score (nSPS) is 23.9. The number of nitrogens with zero attached hydrogens (tertiary/aromatic N) is 3. The Bertz CT molecular complexity index is 1530. The van der Waals surface area contributed by atoms with Crippen molar-refractivity contribution in [2.45, 2.75) is 56.4 Å². The summed E-state index contributed by atoms with van der Waals surface area (Å²) in [6.07, 6.45) is 2.26. The van der Waals surface area contributed by atoms with Gasteiger partial charge in [-0.1, -0.05) is 60.7 Å². The number of rotatable bonds is 5. The Morgan fingerprint density at radius 2 is 1.48 bits per heavy atom. The number of benzene rings is 3. The third kappa shape index (κ3) is 4.48. The van der Waals surface area contributed by atoms with E-state index in [1.807, 2.05) is 12.1 Å². The second-order valence-corrected chi connectivity index (χ2v) is 11.7. The maximum atomic E-state index is 15.4. The second-order valence-electron chi connectivity index (χ2n) is 11.7. The van der Waals surface area contributed by atoms with Crippen LogP contribution in [0.5, 0.6) is 0 Å². The fraction of sp³-hybridized carbons (Fsp3) is 0.333. The molecular formula is C33H31FN4O4. The lowest BCUT2D eigenvalue weighted by Crippen LogP contribution is -2.56. The Balaban J connectivity index is 1.12. The van der Waals surface area contributed by atoms with Gasteiger partial charge in [0.2, 0.25) is 11.8 Å². The first-order chi connectivity index (χ1) is 20.4. The van der Waals surface area contributed by atoms with Crippen molar-refractivity contribution >= 4 is 23.6 Å². The summed E-state index contributed by atoms with van der Waals surface area (Å²) in [5.41, 5.74) is 3.03. The number of piperidine rings is 1. The first-order valence-corrected chi connectivity index (χ1v) is 14.5. The molecule has 3 fully saturated rings. The highest BCUT2D eigenvalue weighted by Crippen LogP contribution is 2.41. The van der Waals surface area contributed by atoms with Crippen LogP contribution in [0.3, 0.4) is 0 Å². The molecular weight excluding hydrogens is 535 g/mol. The molecule has 2 bridgehead atoms. The highest BCUT2D eigenvalue weighted by molar-refractivity contribution is 6.06. The molecule has 0 radical (unpaired) electrons. The van der Waals surface area contributed by atoms with Crippen LogP contribution >= 0.6 is 0 Å². The third-order valence-corrected chi connectivity index (χ3v) is 9.20. The Labute approximate surface area is 243 Å². The number of imide groups is 1. The summed E-state index contributed by atoms with van der Waals surface area (Å²) >= 11 is 0. The van der Waals surface area contributed by atoms with Crippen molar-refractivity contribution in [1.82, 2.24) is 20.0 Å². The maximum Gasteiger partial charge on any atom is 0.256 e. The number of carbonyl (C=O) groups is 4. The predicted octanol–water partition coefficient (Wildman–Crippen LogP) is 3.67. The lowest BCUT2D eigenvalue weighted by molar-refractivity contribution is -0.136. The third-order valence-electron chi connectivity index (χ3n) is 9.20. The van der Waals surface area contributed by atoms with Crippen LogP contribution in [-0.4, -0.2) is 69.5 Å². The minimum atomic E-state index is -0.796. The van der Waals surface area contributed by atoms with Crippen LogP contribution in [0.2, 0.25) is 0 Å². The molecule has 4 amide bonds. The fourth-order valence-electron chi connectivity index (χ4n) is 7.25. The van der Waals surface area contributed by atoms with Gasteiger partial charge in [0.1, 0.15) is 11.9 Å². The average molecular weight is 567 g/mol. The average Bonchev–Trinajstić information content (AvgIpc) is 3.43. The van der Waals surface area contributed by atoms with Crippen molar-refractivity contribution in [2.75, 3.05) is 13.1 Å². The summed E-state index contributed by atoms with van der Waals surface area (Å²) in [5.74, 6) is -2.47. The van der Waals surface area contributed by atoms with E-state index in [9.17, 15) is 19.2 Å². The summed E-state index contributed by atoms with van der Waals surface area (Å²) in [5, 5.41) is 2.27. The standard InChI is InChI=1S/C33H31FN4O4/c34-27-16-25-22(17-37(33(25)42)28-13-14-29(39)35-31(28)40)15-26(27)32(41)36-18-23-11-12-24(19-36)38(23)30(20-7-3-1-4-8-20)21-9-5-2-6-10-21/h1-10,15-16,23-24,28,30H,11-14,17-19H2,(H,35,39,40). The lowest BCUT2D eigenvalue weighted by Gasteiger charge is -2.45. The van der Waals surface area contributed by atoms with E-state index in [0.717, 1.165) is 18.9 Å². The van der Waals surface area contributed by atoms with Crippen molar-refractivity contribution in [2.24, 2.45) is 0 Å². The largest absolute Gasteiger partial charge is 0.335 e. The van der Waals surface area contributed by atoms with Crippen LogP contribution in [-0.2, 0) is 16.1 Å². The molecule has 3 saturated heterocycles. The molecule has 7 rings (SSSR count). The van der Waals surface area contributed by atoms with Gasteiger partial charge in [0.25, 0.3) is 11.8 Å². The van der Waals surface area contributed by atoms with Crippen molar-refractivity contribution in [3.05, 3.63) is 106 Å². The summed E-state index contributed by atoms with van der Waals surface area (Å²) in [7, 11) is 0. The van der Waals surface area contributed by atoms with Gasteiger partial charge in [0.05, 0.1) is 11.6 Å². The molecule has 8 nitrogen and oxygen atoms in total. The number of hydrogen-bond donors (Lipinski definition) is 1. The monoisotopic (exact) mass is 566 g/mol. The molecule has 42 heavy (non-hydrogen) atoms. The zero-order valence-corrected chi connectivity index (χ0v) is 23.0. The Hall–Kier alpha value is -4.37. The van der Waals surface area contributed by atoms with Gasteiger partial charge >= 0.3 is 0 Å². The molecule has 0 aliphatic carbocycles. The SMILES string of the molecule is O=C1CCC(N2Cc3cc(C(=O)N4CC5CCC(C4)N5C(c4ccccc4)c4ccccc4)c(F)cc3C2=O)C(=O)N1. The van der Waals surface area contributed by atoms with E-state index in [4.69, 9.17) is 0 Å². The maximum absolute atomic E-state index is 15.4. The van der Waals surface area contributed by atoms with E-state index in [1.54, 1.807) is 4.90 Å². The predicted molar refractivity (Wildman–Crippen MR) is 152 cm³/mol. The summed E-state index contributed by atoms with van der Waals surface area (Å²) in [6.45, 7) is 1.07. The van der Waals surface area contributed by atoms with E-state index in [-0.39, 0.29) is 60.5 Å². The molecule has 0 spiro atoms. The fourth-order valence-corrected chi connectivity index (χ4v) is 7.25. The van der Waals surface area contributed by atoms with E-state index >= 15 is 4.39 Å². The van der Waals surface area contributed by atoms with Crippen LogP contribution in [0.4, 0.5) is 4.39 Å². The minimum absolute atomic E-state index is 0.0535. The van der Waals surface area contributed by atoms with Crippen molar-refractivity contribution in [3.8, 4) is 0 Å². The highest BCUT2D eigenvalue weighted by atomic mass is 19.1. The van der Waals surface area contributed by atoms with Crippen LogP contribution in [0.1, 0.15) is 69.1 Å². The Morgan fingerprint density at radius 3 is 2.07 bits per heavy atom. The molecule has 4 aliphatic rings. The Kier molecular flexibility index (Phi) is 6.61. The van der Waals surface area contributed by atoms with E-state index in [0.29, 0.717) is 18.7 Å². The van der Waals surface area contributed by atoms with Gasteiger partial charge in [-0.15, -0.1) is 0 Å². The van der Waals surface area contributed by atoms with Gasteiger partial charge in [-0.05, 0) is 48.1 Å². The molecule has 4 heterocycles. The van der Waals surface area contributed by atoms with Crippen LogP contribution < -0.4 is 5.32 Å². The highest BCUT2D eigenvalue weighted by Gasteiger charge is 2.46. The molecule has 3 atom stereocenters. The van der Waals surface area contributed by atoms with Crippen LogP contribution in [0.15, 0.2) is 72.8 Å². The van der Waals surface area contributed by atoms with Gasteiger partial charge in [0, 0.05) is 43.7 Å². The van der Waals surface area contributed by atoms with Crippen molar-refractivity contribution in [3.63, 3.8) is 0 Å². The first kappa shape index (κ1) is 26.5. The number of piperazine rings is 1. The zero-order valence-electron chi connectivity index (χ0n) is 23.0. The molecule has 3 aromatic carbocycles. The van der Waals surface area contributed by atoms with Crippen LogP contribution in [0.25, 0.3) is 0 Å². The smallest absolute Gasteiger partial charge is 0.256 e. The van der Waals surface area contributed by atoms with E-state index in [1.165, 1.54) is 22.1 Å². The lowest BCUT2D eigenvalue weighted by atomic mass is 9.94. The van der Waals surface area contributed by atoms with Gasteiger partial charge in [-0.3, -0.25) is 29.4 Å². The second kappa shape index (κ2) is 10.5. The van der Waals surface area contributed by atoms with Gasteiger partial charge in [0.15, 0.2) is 0 Å². The minimum Gasteiger partial charge on any atom is -0.335 e. The molecule has 3 aromatic rings. The molecule has 9 heteroatoms. The van der Waals surface area contributed by atoms with E-state index < -0.39 is 23.7 Å². The van der Waals surface area contributed by atoms with Crippen LogP contribution in [0, 0.1) is 5.82 Å². The van der Waals surface area contributed by atoms with Crippen molar-refractivity contribution in [1.29, 1.82) is 0 Å². The van der Waals surface area contributed by atoms with Crippen molar-refractivity contribution < 1.29 is 23.6 Å². The number of fused-ring (bicyclic) bond motifs is 3. The molecule has 0 saturated carbocycles.